The van der Waals surface area contributed by atoms with Crippen LogP contribution in [0.2, 0.25) is 0 Å². The summed E-state index contributed by atoms with van der Waals surface area (Å²) in [5.41, 5.74) is 1.32. The zero-order valence-electron chi connectivity index (χ0n) is 17.9. The highest BCUT2D eigenvalue weighted by atomic mass is 16.2. The summed E-state index contributed by atoms with van der Waals surface area (Å²) in [7, 11) is 0. The standard InChI is InChI=1S/C25H25N3O3/c1-4-27(21-11-7-9-18-8-5-6-10-20(18)21)22(29)16-28-23(30)25(3,26-24(28)31)19-14-12-17(2)13-15-19/h5-15H,4,16H2,1-3H3,(H,26,31). The predicted molar refractivity (Wildman–Crippen MR) is 121 cm³/mol. The SMILES string of the molecule is CCN(C(=O)CN1C(=O)NC(C)(c2ccc(C)cc2)C1=O)c1cccc2ccccc12. The van der Waals surface area contributed by atoms with E-state index >= 15 is 0 Å². The van der Waals surface area contributed by atoms with E-state index < -0.39 is 17.5 Å². The molecule has 3 aromatic rings. The summed E-state index contributed by atoms with van der Waals surface area (Å²) in [6, 6.07) is 20.5. The van der Waals surface area contributed by atoms with Crippen molar-refractivity contribution in [1.29, 1.82) is 0 Å². The Morgan fingerprint density at radius 2 is 1.68 bits per heavy atom. The number of benzene rings is 3. The minimum absolute atomic E-state index is 0.310. The van der Waals surface area contributed by atoms with Crippen LogP contribution in [0.5, 0.6) is 0 Å². The number of carbonyl (C=O) groups excluding carboxylic acids is 3. The number of nitrogens with one attached hydrogen (secondary N) is 1. The minimum atomic E-state index is -1.19. The number of aryl methyl sites for hydroxylation is 1. The first-order valence-corrected chi connectivity index (χ1v) is 10.3. The molecule has 1 fully saturated rings. The van der Waals surface area contributed by atoms with Gasteiger partial charge in [-0.1, -0.05) is 66.2 Å². The van der Waals surface area contributed by atoms with E-state index in [2.05, 4.69) is 5.32 Å². The van der Waals surface area contributed by atoms with Crippen LogP contribution in [0.3, 0.4) is 0 Å². The van der Waals surface area contributed by atoms with E-state index in [0.29, 0.717) is 12.1 Å². The molecule has 1 atom stereocenters. The molecule has 4 rings (SSSR count). The van der Waals surface area contributed by atoms with E-state index in [0.717, 1.165) is 26.9 Å². The molecule has 0 aromatic heterocycles. The number of amides is 4. The fourth-order valence-electron chi connectivity index (χ4n) is 4.07. The van der Waals surface area contributed by atoms with E-state index in [-0.39, 0.29) is 12.5 Å². The van der Waals surface area contributed by atoms with Gasteiger partial charge in [-0.15, -0.1) is 0 Å². The maximum atomic E-state index is 13.2. The number of anilines is 1. The van der Waals surface area contributed by atoms with E-state index in [1.54, 1.807) is 11.8 Å². The van der Waals surface area contributed by atoms with Crippen molar-refractivity contribution >= 4 is 34.3 Å². The maximum Gasteiger partial charge on any atom is 0.325 e. The molecule has 1 aliphatic rings. The second kappa shape index (κ2) is 7.87. The van der Waals surface area contributed by atoms with Gasteiger partial charge in [-0.25, -0.2) is 4.79 Å². The molecule has 1 N–H and O–H groups in total. The summed E-state index contributed by atoms with van der Waals surface area (Å²) < 4.78 is 0. The highest BCUT2D eigenvalue weighted by molar-refractivity contribution is 6.11. The molecule has 0 saturated carbocycles. The Bertz CT molecular complexity index is 1170. The van der Waals surface area contributed by atoms with E-state index in [1.807, 2.05) is 80.6 Å². The number of imide groups is 1. The third-order valence-electron chi connectivity index (χ3n) is 5.87. The monoisotopic (exact) mass is 415 g/mol. The third kappa shape index (κ3) is 3.54. The third-order valence-corrected chi connectivity index (χ3v) is 5.87. The zero-order valence-corrected chi connectivity index (χ0v) is 17.9. The number of nitrogens with zero attached hydrogens (tertiary/aromatic N) is 2. The van der Waals surface area contributed by atoms with Crippen LogP contribution in [0.1, 0.15) is 25.0 Å². The van der Waals surface area contributed by atoms with Gasteiger partial charge >= 0.3 is 6.03 Å². The lowest BCUT2D eigenvalue weighted by molar-refractivity contribution is -0.134. The van der Waals surface area contributed by atoms with Gasteiger partial charge in [0.1, 0.15) is 12.1 Å². The molecule has 0 radical (unpaired) electrons. The fraction of sp³-hybridized carbons (Fsp3) is 0.240. The second-order valence-corrected chi connectivity index (χ2v) is 7.95. The number of carbonyl (C=O) groups is 3. The first kappa shape index (κ1) is 20.6. The lowest BCUT2D eigenvalue weighted by Crippen LogP contribution is -2.44. The van der Waals surface area contributed by atoms with Crippen molar-refractivity contribution in [3.05, 3.63) is 77.9 Å². The number of hydrogen-bond donors (Lipinski definition) is 1. The Balaban J connectivity index is 1.60. The number of urea groups is 1. The molecule has 1 saturated heterocycles. The van der Waals surface area contributed by atoms with E-state index in [1.165, 1.54) is 0 Å². The summed E-state index contributed by atoms with van der Waals surface area (Å²) in [6.07, 6.45) is 0. The molecule has 0 aliphatic carbocycles. The second-order valence-electron chi connectivity index (χ2n) is 7.95. The molecule has 0 spiro atoms. The van der Waals surface area contributed by atoms with Crippen molar-refractivity contribution in [1.82, 2.24) is 10.2 Å². The van der Waals surface area contributed by atoms with Crippen molar-refractivity contribution in [2.24, 2.45) is 0 Å². The van der Waals surface area contributed by atoms with Crippen molar-refractivity contribution in [2.45, 2.75) is 26.3 Å². The Morgan fingerprint density at radius 3 is 2.39 bits per heavy atom. The maximum absolute atomic E-state index is 13.2. The molecule has 4 amide bonds. The molecule has 0 bridgehead atoms. The smallest absolute Gasteiger partial charge is 0.319 e. The molecule has 6 nitrogen and oxygen atoms in total. The minimum Gasteiger partial charge on any atom is -0.319 e. The van der Waals surface area contributed by atoms with Gasteiger partial charge in [0.25, 0.3) is 5.91 Å². The van der Waals surface area contributed by atoms with Gasteiger partial charge in [0.2, 0.25) is 5.91 Å². The number of rotatable bonds is 5. The summed E-state index contributed by atoms with van der Waals surface area (Å²) in [4.78, 5) is 41.7. The number of likely N-dealkylation sites (N-methyl/N-ethyl adjacent to an activating group) is 1. The first-order valence-electron chi connectivity index (χ1n) is 10.3. The summed E-state index contributed by atoms with van der Waals surface area (Å²) in [5, 5.41) is 4.73. The topological polar surface area (TPSA) is 69.7 Å². The molecule has 31 heavy (non-hydrogen) atoms. The van der Waals surface area contributed by atoms with Crippen molar-refractivity contribution in [2.75, 3.05) is 18.0 Å². The Kier molecular flexibility index (Phi) is 5.23. The van der Waals surface area contributed by atoms with Crippen molar-refractivity contribution in [3.63, 3.8) is 0 Å². The van der Waals surface area contributed by atoms with Crippen LogP contribution in [-0.2, 0) is 15.1 Å². The fourth-order valence-corrected chi connectivity index (χ4v) is 4.07. The van der Waals surface area contributed by atoms with Gasteiger partial charge in [0.05, 0.1) is 5.69 Å². The van der Waals surface area contributed by atoms with Crippen molar-refractivity contribution < 1.29 is 14.4 Å². The molecule has 158 valence electrons. The van der Waals surface area contributed by atoms with Gasteiger partial charge in [0, 0.05) is 11.9 Å². The quantitative estimate of drug-likeness (QED) is 0.641. The van der Waals surface area contributed by atoms with Gasteiger partial charge in [0.15, 0.2) is 0 Å². The molecular formula is C25H25N3O3. The predicted octanol–water partition coefficient (Wildman–Crippen LogP) is 3.97. The molecule has 1 heterocycles. The van der Waals surface area contributed by atoms with Crippen LogP contribution >= 0.6 is 0 Å². The highest BCUT2D eigenvalue weighted by Gasteiger charge is 2.49. The molecule has 3 aromatic carbocycles. The average Bonchev–Trinajstić information content (AvgIpc) is 2.98. The molecule has 1 aliphatic heterocycles. The first-order chi connectivity index (χ1) is 14.8. The van der Waals surface area contributed by atoms with E-state index in [4.69, 9.17) is 0 Å². The van der Waals surface area contributed by atoms with Gasteiger partial charge in [-0.05, 0) is 37.8 Å². The zero-order chi connectivity index (χ0) is 22.2. The van der Waals surface area contributed by atoms with Gasteiger partial charge in [-0.2, -0.15) is 0 Å². The van der Waals surface area contributed by atoms with Crippen LogP contribution < -0.4 is 10.2 Å². The van der Waals surface area contributed by atoms with Gasteiger partial charge in [-0.3, -0.25) is 14.5 Å². The number of hydrogen-bond acceptors (Lipinski definition) is 3. The van der Waals surface area contributed by atoms with Gasteiger partial charge < -0.3 is 10.2 Å². The largest absolute Gasteiger partial charge is 0.325 e. The molecule has 1 unspecified atom stereocenters. The van der Waals surface area contributed by atoms with Crippen LogP contribution in [0.15, 0.2) is 66.7 Å². The van der Waals surface area contributed by atoms with Crippen molar-refractivity contribution in [3.8, 4) is 0 Å². The molecular weight excluding hydrogens is 390 g/mol. The van der Waals surface area contributed by atoms with E-state index in [9.17, 15) is 14.4 Å². The summed E-state index contributed by atoms with van der Waals surface area (Å²) >= 11 is 0. The Hall–Kier alpha value is -3.67. The summed E-state index contributed by atoms with van der Waals surface area (Å²) in [5.74, 6) is -0.737. The normalized spacial score (nSPS) is 18.4. The Morgan fingerprint density at radius 1 is 1.00 bits per heavy atom. The lowest BCUT2D eigenvalue weighted by atomic mass is 9.91. The Labute approximate surface area is 181 Å². The number of fused-ring (bicyclic) bond motifs is 1. The van der Waals surface area contributed by atoms with Crippen LogP contribution in [0, 0.1) is 6.92 Å². The lowest BCUT2D eigenvalue weighted by Gasteiger charge is -2.25. The highest BCUT2D eigenvalue weighted by Crippen LogP contribution is 2.30. The summed E-state index contributed by atoms with van der Waals surface area (Å²) in [6.45, 7) is 5.61. The van der Waals surface area contributed by atoms with Crippen LogP contribution in [-0.4, -0.2) is 35.8 Å². The molecule has 6 heteroatoms. The van der Waals surface area contributed by atoms with Crippen LogP contribution in [0.4, 0.5) is 10.5 Å². The average molecular weight is 415 g/mol. The van der Waals surface area contributed by atoms with Crippen LogP contribution in [0.25, 0.3) is 10.8 Å².